The average Bonchev–Trinajstić information content (AvgIpc) is 2.56. The molecule has 3 nitrogen and oxygen atoms in total. The topological polar surface area (TPSA) is 37.9 Å². The zero-order chi connectivity index (χ0) is 10.8. The summed E-state index contributed by atoms with van der Waals surface area (Å²) in [5.41, 5.74) is -1.84. The molecule has 1 unspecified atom stereocenters. The van der Waals surface area contributed by atoms with Gasteiger partial charge >= 0.3 is 0 Å². The summed E-state index contributed by atoms with van der Waals surface area (Å²) in [4.78, 5) is 0. The van der Waals surface area contributed by atoms with Gasteiger partial charge in [0, 0.05) is 6.07 Å². The van der Waals surface area contributed by atoms with Crippen LogP contribution in [0.2, 0.25) is 0 Å². The fourth-order valence-corrected chi connectivity index (χ4v) is 0.671. The standard InChI is InChI=1S/C8H11F3N2O/c1-8(2,6(9)10)7(11)14-5-3-4-12-13-5/h3-4,6-7H,1-2H3,(H,12,13). The number of aromatic amines is 1. The molecule has 0 saturated carbocycles. The quantitative estimate of drug-likeness (QED) is 0.824. The molecule has 0 spiro atoms. The van der Waals surface area contributed by atoms with Crippen molar-refractivity contribution in [2.75, 3.05) is 0 Å². The molecule has 1 rings (SSSR count). The molecule has 1 heterocycles. The van der Waals surface area contributed by atoms with Gasteiger partial charge in [-0.25, -0.2) is 18.3 Å². The molecular formula is C8H11F3N2O. The van der Waals surface area contributed by atoms with Crippen molar-refractivity contribution >= 4 is 0 Å². The maximum Gasteiger partial charge on any atom is 0.250 e. The highest BCUT2D eigenvalue weighted by Crippen LogP contribution is 2.32. The summed E-state index contributed by atoms with van der Waals surface area (Å²) in [6.45, 7) is 2.19. The molecule has 0 saturated heterocycles. The lowest BCUT2D eigenvalue weighted by Gasteiger charge is -2.26. The molecule has 1 atom stereocenters. The number of rotatable bonds is 4. The van der Waals surface area contributed by atoms with Gasteiger partial charge in [0.1, 0.15) is 0 Å². The van der Waals surface area contributed by atoms with E-state index < -0.39 is 18.2 Å². The van der Waals surface area contributed by atoms with Gasteiger partial charge in [-0.3, -0.25) is 0 Å². The maximum absolute atomic E-state index is 13.2. The van der Waals surface area contributed by atoms with Crippen LogP contribution in [0.4, 0.5) is 13.2 Å². The Morgan fingerprint density at radius 3 is 2.50 bits per heavy atom. The van der Waals surface area contributed by atoms with Crippen molar-refractivity contribution in [3.05, 3.63) is 12.3 Å². The third-order valence-electron chi connectivity index (χ3n) is 1.85. The van der Waals surface area contributed by atoms with Crippen LogP contribution in [-0.2, 0) is 0 Å². The average molecular weight is 208 g/mol. The second kappa shape index (κ2) is 3.89. The van der Waals surface area contributed by atoms with E-state index in [1.807, 2.05) is 0 Å². The molecule has 0 amide bonds. The highest BCUT2D eigenvalue weighted by atomic mass is 19.3. The minimum absolute atomic E-state index is 0.0335. The Kier molecular flexibility index (Phi) is 3.03. The fraction of sp³-hybridized carbons (Fsp3) is 0.625. The molecule has 1 aromatic rings. The largest absolute Gasteiger partial charge is 0.443 e. The Hall–Kier alpha value is -1.20. The SMILES string of the molecule is CC(C)(C(F)F)C(F)Oc1ccn[nH]1. The number of H-pyrrole nitrogens is 1. The second-order valence-corrected chi connectivity index (χ2v) is 3.48. The van der Waals surface area contributed by atoms with E-state index in [-0.39, 0.29) is 5.88 Å². The van der Waals surface area contributed by atoms with Crippen LogP contribution in [0.15, 0.2) is 12.3 Å². The van der Waals surface area contributed by atoms with Crippen LogP contribution >= 0.6 is 0 Å². The summed E-state index contributed by atoms with van der Waals surface area (Å²) >= 11 is 0. The van der Waals surface area contributed by atoms with Crippen molar-refractivity contribution in [3.8, 4) is 5.88 Å². The van der Waals surface area contributed by atoms with E-state index in [9.17, 15) is 13.2 Å². The number of ether oxygens (including phenoxy) is 1. The predicted molar refractivity (Wildman–Crippen MR) is 43.9 cm³/mol. The molecule has 0 bridgehead atoms. The molecule has 14 heavy (non-hydrogen) atoms. The van der Waals surface area contributed by atoms with E-state index in [0.29, 0.717) is 0 Å². The lowest BCUT2D eigenvalue weighted by atomic mass is 9.94. The van der Waals surface area contributed by atoms with E-state index in [1.165, 1.54) is 12.3 Å². The number of hydrogen-bond acceptors (Lipinski definition) is 2. The zero-order valence-corrected chi connectivity index (χ0v) is 7.80. The molecule has 0 aliphatic carbocycles. The zero-order valence-electron chi connectivity index (χ0n) is 7.80. The van der Waals surface area contributed by atoms with Crippen molar-refractivity contribution in [1.82, 2.24) is 10.2 Å². The molecule has 0 aromatic carbocycles. The van der Waals surface area contributed by atoms with E-state index >= 15 is 0 Å². The predicted octanol–water partition coefficient (Wildman–Crippen LogP) is 2.38. The van der Waals surface area contributed by atoms with Crippen molar-refractivity contribution in [2.45, 2.75) is 26.6 Å². The van der Waals surface area contributed by atoms with Crippen LogP contribution in [0.3, 0.4) is 0 Å². The number of hydrogen-bond donors (Lipinski definition) is 1. The molecule has 0 aliphatic rings. The van der Waals surface area contributed by atoms with Crippen molar-refractivity contribution in [3.63, 3.8) is 0 Å². The minimum atomic E-state index is -2.79. The van der Waals surface area contributed by atoms with Gasteiger partial charge in [0.05, 0.1) is 11.6 Å². The third kappa shape index (κ3) is 2.18. The van der Waals surface area contributed by atoms with Gasteiger partial charge in [-0.1, -0.05) is 0 Å². The molecule has 0 radical (unpaired) electrons. The molecule has 80 valence electrons. The number of nitrogens with one attached hydrogen (secondary N) is 1. The van der Waals surface area contributed by atoms with Crippen molar-refractivity contribution in [2.24, 2.45) is 5.41 Å². The Morgan fingerprint density at radius 1 is 1.43 bits per heavy atom. The minimum Gasteiger partial charge on any atom is -0.443 e. The Morgan fingerprint density at radius 2 is 2.07 bits per heavy atom. The van der Waals surface area contributed by atoms with Crippen LogP contribution in [0.5, 0.6) is 5.88 Å². The second-order valence-electron chi connectivity index (χ2n) is 3.48. The molecule has 1 aromatic heterocycles. The summed E-state index contributed by atoms with van der Waals surface area (Å²) in [5, 5.41) is 5.82. The smallest absolute Gasteiger partial charge is 0.250 e. The lowest BCUT2D eigenvalue weighted by Crippen LogP contribution is -2.37. The van der Waals surface area contributed by atoms with Crippen molar-refractivity contribution < 1.29 is 17.9 Å². The number of halogens is 3. The first-order valence-corrected chi connectivity index (χ1v) is 4.03. The van der Waals surface area contributed by atoms with Crippen LogP contribution in [0.1, 0.15) is 13.8 Å². The summed E-state index contributed by atoms with van der Waals surface area (Å²) in [6, 6.07) is 1.36. The Bertz CT molecular complexity index is 274. The summed E-state index contributed by atoms with van der Waals surface area (Å²) in [7, 11) is 0. The first kappa shape index (κ1) is 10.9. The van der Waals surface area contributed by atoms with E-state index in [0.717, 1.165) is 13.8 Å². The Labute approximate surface area is 79.3 Å². The maximum atomic E-state index is 13.2. The van der Waals surface area contributed by atoms with Crippen LogP contribution in [0.25, 0.3) is 0 Å². The monoisotopic (exact) mass is 208 g/mol. The first-order valence-electron chi connectivity index (χ1n) is 4.03. The highest BCUT2D eigenvalue weighted by Gasteiger charge is 2.40. The van der Waals surface area contributed by atoms with Crippen molar-refractivity contribution in [1.29, 1.82) is 0 Å². The van der Waals surface area contributed by atoms with Gasteiger partial charge in [-0.05, 0) is 13.8 Å². The van der Waals surface area contributed by atoms with Gasteiger partial charge in [0.15, 0.2) is 0 Å². The molecule has 0 fully saturated rings. The van der Waals surface area contributed by atoms with Gasteiger partial charge in [0.2, 0.25) is 12.3 Å². The highest BCUT2D eigenvalue weighted by molar-refractivity contribution is 5.04. The lowest BCUT2D eigenvalue weighted by molar-refractivity contribution is -0.115. The number of aromatic nitrogens is 2. The molecule has 0 aliphatic heterocycles. The summed E-state index contributed by atoms with van der Waals surface area (Å²) < 4.78 is 42.6. The van der Waals surface area contributed by atoms with E-state index in [1.54, 1.807) is 0 Å². The summed E-state index contributed by atoms with van der Waals surface area (Å²) in [5.74, 6) is 0.0335. The summed E-state index contributed by atoms with van der Waals surface area (Å²) in [6.07, 6.45) is -3.53. The van der Waals surface area contributed by atoms with E-state index in [2.05, 4.69) is 14.9 Å². The number of alkyl halides is 3. The van der Waals surface area contributed by atoms with Crippen LogP contribution in [-0.4, -0.2) is 23.0 Å². The molecular weight excluding hydrogens is 197 g/mol. The molecule has 1 N–H and O–H groups in total. The van der Waals surface area contributed by atoms with Gasteiger partial charge in [-0.2, -0.15) is 5.10 Å². The Balaban J connectivity index is 2.62. The third-order valence-corrected chi connectivity index (χ3v) is 1.85. The normalized spacial score (nSPS) is 14.4. The van der Waals surface area contributed by atoms with Crippen LogP contribution in [0, 0.1) is 5.41 Å². The van der Waals surface area contributed by atoms with Gasteiger partial charge < -0.3 is 4.74 Å². The number of nitrogens with zero attached hydrogens (tertiary/aromatic N) is 1. The molecule has 6 heteroatoms. The first-order chi connectivity index (χ1) is 6.44. The van der Waals surface area contributed by atoms with Gasteiger partial charge in [-0.15, -0.1) is 0 Å². The van der Waals surface area contributed by atoms with Gasteiger partial charge in [0.25, 0.3) is 6.36 Å². The van der Waals surface area contributed by atoms with E-state index in [4.69, 9.17) is 0 Å². The van der Waals surface area contributed by atoms with Crippen LogP contribution < -0.4 is 4.74 Å². The fourth-order valence-electron chi connectivity index (χ4n) is 0.671.